The standard InChI is InChI=1S/C26H41N.CH4O/c1-7-21-16-24-23(15-22(21)10-8-9-19(2)3)13-14-27-18-20(11-12-25(24)27)17-26(4,5)6;1-2/h15-16,20,25H,2,7-14,17-18H2,1,3-6H3;2H,1H3. The molecule has 1 aromatic carbocycles. The normalized spacial score (nSPS) is 21.6. The Morgan fingerprint density at radius 1 is 1.17 bits per heavy atom. The third kappa shape index (κ3) is 6.69. The third-order valence-corrected chi connectivity index (χ3v) is 6.60. The van der Waals surface area contributed by atoms with Crippen LogP contribution in [-0.4, -0.2) is 30.2 Å². The Morgan fingerprint density at radius 3 is 2.52 bits per heavy atom. The van der Waals surface area contributed by atoms with Crippen molar-refractivity contribution >= 4 is 0 Å². The van der Waals surface area contributed by atoms with E-state index in [4.69, 9.17) is 5.11 Å². The van der Waals surface area contributed by atoms with Gasteiger partial charge in [-0.3, -0.25) is 4.90 Å². The number of aliphatic hydroxyl groups excluding tert-OH is 1. The van der Waals surface area contributed by atoms with E-state index in [-0.39, 0.29) is 0 Å². The first-order valence-electron chi connectivity index (χ1n) is 11.7. The highest BCUT2D eigenvalue weighted by Crippen LogP contribution is 2.42. The van der Waals surface area contributed by atoms with Gasteiger partial charge in [-0.15, -0.1) is 6.58 Å². The van der Waals surface area contributed by atoms with Crippen LogP contribution in [0, 0.1) is 11.3 Å². The molecule has 0 bridgehead atoms. The molecule has 2 heteroatoms. The first kappa shape index (κ1) is 24.2. The summed E-state index contributed by atoms with van der Waals surface area (Å²) in [6.07, 6.45) is 10.1. The summed E-state index contributed by atoms with van der Waals surface area (Å²) in [4.78, 5) is 2.81. The Balaban J connectivity index is 0.00000145. The van der Waals surface area contributed by atoms with Crippen molar-refractivity contribution in [1.29, 1.82) is 0 Å². The van der Waals surface area contributed by atoms with Gasteiger partial charge < -0.3 is 5.11 Å². The fourth-order valence-electron chi connectivity index (χ4n) is 5.45. The second-order valence-electron chi connectivity index (χ2n) is 10.5. The highest BCUT2D eigenvalue weighted by Gasteiger charge is 2.34. The molecule has 164 valence electrons. The van der Waals surface area contributed by atoms with Gasteiger partial charge in [0.05, 0.1) is 0 Å². The smallest absolute Gasteiger partial charge is 0.0351 e. The predicted molar refractivity (Wildman–Crippen MR) is 127 cm³/mol. The second kappa shape index (κ2) is 10.8. The Morgan fingerprint density at radius 2 is 1.90 bits per heavy atom. The molecule has 1 N–H and O–H groups in total. The zero-order valence-electron chi connectivity index (χ0n) is 20.0. The van der Waals surface area contributed by atoms with E-state index in [0.717, 1.165) is 25.9 Å². The highest BCUT2D eigenvalue weighted by molar-refractivity contribution is 5.42. The fourth-order valence-corrected chi connectivity index (χ4v) is 5.45. The van der Waals surface area contributed by atoms with Crippen LogP contribution in [0.1, 0.15) is 95.0 Å². The molecule has 0 aromatic heterocycles. The van der Waals surface area contributed by atoms with E-state index < -0.39 is 0 Å². The Labute approximate surface area is 180 Å². The lowest BCUT2D eigenvalue weighted by Gasteiger charge is -2.45. The van der Waals surface area contributed by atoms with Crippen molar-refractivity contribution in [1.82, 2.24) is 4.90 Å². The summed E-state index contributed by atoms with van der Waals surface area (Å²) in [6.45, 7) is 18.3. The molecule has 1 aromatic rings. The number of hydrogen-bond donors (Lipinski definition) is 1. The second-order valence-corrected chi connectivity index (χ2v) is 10.5. The SMILES string of the molecule is C=C(C)CCCc1cc2c(cc1CC)C1CCC(CC(C)(C)C)CN1CC2.CO. The van der Waals surface area contributed by atoms with E-state index >= 15 is 0 Å². The van der Waals surface area contributed by atoms with Gasteiger partial charge in [0, 0.05) is 26.2 Å². The quantitative estimate of drug-likeness (QED) is 0.552. The number of rotatable bonds is 6. The Kier molecular flexibility index (Phi) is 8.97. The number of aryl methyl sites for hydroxylation is 2. The molecule has 2 atom stereocenters. The van der Waals surface area contributed by atoms with E-state index in [1.165, 1.54) is 57.2 Å². The Bertz CT molecular complexity index is 670. The minimum absolute atomic E-state index is 0.458. The molecule has 2 aliphatic heterocycles. The van der Waals surface area contributed by atoms with E-state index in [0.29, 0.717) is 11.5 Å². The molecule has 29 heavy (non-hydrogen) atoms. The summed E-state index contributed by atoms with van der Waals surface area (Å²) in [6, 6.07) is 5.84. The van der Waals surface area contributed by atoms with Crippen molar-refractivity contribution in [2.75, 3.05) is 20.2 Å². The maximum Gasteiger partial charge on any atom is 0.0351 e. The summed E-state index contributed by atoms with van der Waals surface area (Å²) in [5.74, 6) is 0.884. The van der Waals surface area contributed by atoms with Gasteiger partial charge in [0.15, 0.2) is 0 Å². The number of fused-ring (bicyclic) bond motifs is 3. The topological polar surface area (TPSA) is 23.5 Å². The monoisotopic (exact) mass is 399 g/mol. The zero-order valence-corrected chi connectivity index (χ0v) is 20.0. The molecule has 3 rings (SSSR count). The average Bonchev–Trinajstić information content (AvgIpc) is 2.67. The molecule has 2 nitrogen and oxygen atoms in total. The maximum atomic E-state index is 7.00. The average molecular weight is 400 g/mol. The summed E-state index contributed by atoms with van der Waals surface area (Å²) in [7, 11) is 1.00. The molecular weight excluding hydrogens is 354 g/mol. The van der Waals surface area contributed by atoms with Crippen molar-refractivity contribution in [3.05, 3.63) is 46.5 Å². The molecule has 2 heterocycles. The third-order valence-electron chi connectivity index (χ3n) is 6.60. The fraction of sp³-hybridized carbons (Fsp3) is 0.704. The van der Waals surface area contributed by atoms with Crippen LogP contribution in [-0.2, 0) is 19.3 Å². The first-order valence-corrected chi connectivity index (χ1v) is 11.7. The number of allylic oxidation sites excluding steroid dienone is 1. The molecule has 0 radical (unpaired) electrons. The van der Waals surface area contributed by atoms with E-state index in [1.807, 2.05) is 0 Å². The number of benzene rings is 1. The minimum Gasteiger partial charge on any atom is -0.400 e. The van der Waals surface area contributed by atoms with Gasteiger partial charge in [-0.1, -0.05) is 45.4 Å². The predicted octanol–water partition coefficient (Wildman–Crippen LogP) is 6.50. The van der Waals surface area contributed by atoms with Crippen molar-refractivity contribution in [3.8, 4) is 0 Å². The van der Waals surface area contributed by atoms with Crippen molar-refractivity contribution in [2.24, 2.45) is 11.3 Å². The van der Waals surface area contributed by atoms with Gasteiger partial charge in [-0.05, 0) is 91.9 Å². The van der Waals surface area contributed by atoms with Crippen molar-refractivity contribution < 1.29 is 5.11 Å². The molecular formula is C27H45NO. The Hall–Kier alpha value is -1.12. The van der Waals surface area contributed by atoms with E-state index in [2.05, 4.69) is 58.2 Å². The van der Waals surface area contributed by atoms with Gasteiger partial charge in [0.25, 0.3) is 0 Å². The molecule has 0 aliphatic carbocycles. The van der Waals surface area contributed by atoms with Gasteiger partial charge >= 0.3 is 0 Å². The maximum absolute atomic E-state index is 7.00. The van der Waals surface area contributed by atoms with Crippen LogP contribution in [0.2, 0.25) is 0 Å². The van der Waals surface area contributed by atoms with E-state index in [9.17, 15) is 0 Å². The van der Waals surface area contributed by atoms with Crippen LogP contribution < -0.4 is 0 Å². The summed E-state index contributed by atoms with van der Waals surface area (Å²) >= 11 is 0. The number of aliphatic hydroxyl groups is 1. The van der Waals surface area contributed by atoms with Crippen LogP contribution in [0.5, 0.6) is 0 Å². The van der Waals surface area contributed by atoms with Crippen LogP contribution >= 0.6 is 0 Å². The van der Waals surface area contributed by atoms with Gasteiger partial charge in [0.1, 0.15) is 0 Å². The van der Waals surface area contributed by atoms with Crippen molar-refractivity contribution in [3.63, 3.8) is 0 Å². The first-order chi connectivity index (χ1) is 13.8. The molecule has 2 aliphatic rings. The highest BCUT2D eigenvalue weighted by atomic mass is 16.2. The number of hydrogen-bond acceptors (Lipinski definition) is 2. The minimum atomic E-state index is 0.458. The molecule has 1 fully saturated rings. The largest absolute Gasteiger partial charge is 0.400 e. The van der Waals surface area contributed by atoms with Crippen molar-refractivity contribution in [2.45, 2.75) is 92.0 Å². The number of piperidine rings is 1. The van der Waals surface area contributed by atoms with Crippen LogP contribution in [0.4, 0.5) is 0 Å². The molecule has 0 saturated carbocycles. The number of nitrogens with zero attached hydrogens (tertiary/aromatic N) is 1. The van der Waals surface area contributed by atoms with E-state index in [1.54, 1.807) is 22.3 Å². The molecule has 0 amide bonds. The van der Waals surface area contributed by atoms with Crippen LogP contribution in [0.25, 0.3) is 0 Å². The van der Waals surface area contributed by atoms with Gasteiger partial charge in [0.2, 0.25) is 0 Å². The summed E-state index contributed by atoms with van der Waals surface area (Å²) < 4.78 is 0. The zero-order chi connectivity index (χ0) is 21.6. The van der Waals surface area contributed by atoms with Crippen LogP contribution in [0.15, 0.2) is 24.3 Å². The molecule has 2 unspecified atom stereocenters. The lowest BCUT2D eigenvalue weighted by molar-refractivity contribution is 0.0796. The van der Waals surface area contributed by atoms with Crippen LogP contribution in [0.3, 0.4) is 0 Å². The lowest BCUT2D eigenvalue weighted by atomic mass is 9.76. The molecule has 1 saturated heterocycles. The summed E-state index contributed by atoms with van der Waals surface area (Å²) in [5.41, 5.74) is 8.28. The van der Waals surface area contributed by atoms with Gasteiger partial charge in [-0.25, -0.2) is 0 Å². The summed E-state index contributed by atoms with van der Waals surface area (Å²) in [5, 5.41) is 7.00. The van der Waals surface area contributed by atoms with Gasteiger partial charge in [-0.2, -0.15) is 0 Å². The molecule has 0 spiro atoms. The lowest BCUT2D eigenvalue weighted by Crippen LogP contribution is -2.43.